The zero-order valence-corrected chi connectivity index (χ0v) is 18.1. The molecule has 0 aromatic heterocycles. The van der Waals surface area contributed by atoms with Crippen molar-refractivity contribution in [2.75, 3.05) is 13.2 Å². The first-order valence-corrected chi connectivity index (χ1v) is 10.6. The Morgan fingerprint density at radius 1 is 0.857 bits per heavy atom. The van der Waals surface area contributed by atoms with Crippen molar-refractivity contribution in [3.05, 3.63) is 29.8 Å². The van der Waals surface area contributed by atoms with E-state index >= 15 is 0 Å². The van der Waals surface area contributed by atoms with Crippen LogP contribution in [0.1, 0.15) is 5.56 Å². The van der Waals surface area contributed by atoms with E-state index < -0.39 is 86.3 Å². The van der Waals surface area contributed by atoms with Gasteiger partial charge in [-0.2, -0.15) is 0 Å². The Kier molecular flexibility index (Phi) is 9.00. The third kappa shape index (κ3) is 6.07. The van der Waals surface area contributed by atoms with Crippen LogP contribution in [0.3, 0.4) is 0 Å². The zero-order chi connectivity index (χ0) is 25.9. The predicted octanol–water partition coefficient (Wildman–Crippen LogP) is -3.72. The molecule has 0 unspecified atom stereocenters. The summed E-state index contributed by atoms with van der Waals surface area (Å²) in [5.41, 5.74) is 0.320. The number of aliphatic hydroxyl groups excluding tert-OH is 7. The lowest BCUT2D eigenvalue weighted by atomic mass is 9.97. The number of hydrogen-bond acceptors (Lipinski definition) is 14. The van der Waals surface area contributed by atoms with Gasteiger partial charge in [-0.3, -0.25) is 0 Å². The van der Waals surface area contributed by atoms with Crippen LogP contribution >= 0.6 is 0 Å². The molecule has 35 heavy (non-hydrogen) atoms. The van der Waals surface area contributed by atoms with Gasteiger partial charge < -0.3 is 64.9 Å². The number of hydrogen-bond donors (Lipinski definition) is 9. The van der Waals surface area contributed by atoms with E-state index in [0.717, 1.165) is 6.08 Å². The molecule has 196 valence electrons. The number of aliphatic hydroxyl groups is 7. The number of benzene rings is 1. The molecule has 10 atom stereocenters. The summed E-state index contributed by atoms with van der Waals surface area (Å²) in [5, 5.41) is 88.4. The molecule has 2 saturated heterocycles. The minimum absolute atomic E-state index is 0.320. The normalized spacial score (nSPS) is 37.9. The van der Waals surface area contributed by atoms with Crippen molar-refractivity contribution in [1.29, 1.82) is 0 Å². The van der Waals surface area contributed by atoms with Crippen LogP contribution in [0.25, 0.3) is 6.08 Å². The van der Waals surface area contributed by atoms with Crippen molar-refractivity contribution in [3.63, 3.8) is 0 Å². The van der Waals surface area contributed by atoms with Crippen molar-refractivity contribution in [1.82, 2.24) is 0 Å². The minimum atomic E-state index is -1.90. The largest absolute Gasteiger partial charge is 0.504 e. The lowest BCUT2D eigenvalue weighted by molar-refractivity contribution is -0.356. The van der Waals surface area contributed by atoms with E-state index in [9.17, 15) is 50.8 Å². The van der Waals surface area contributed by atoms with Gasteiger partial charge in [0, 0.05) is 6.08 Å². The summed E-state index contributed by atoms with van der Waals surface area (Å²) in [5.74, 6) is -1.81. The van der Waals surface area contributed by atoms with Crippen LogP contribution in [0.15, 0.2) is 24.3 Å². The quantitative estimate of drug-likeness (QED) is 0.0986. The molecule has 1 aromatic rings. The van der Waals surface area contributed by atoms with Gasteiger partial charge in [0.05, 0.1) is 13.2 Å². The maximum Gasteiger partial charge on any atom is 0.331 e. The molecule has 3 rings (SSSR count). The van der Waals surface area contributed by atoms with Crippen molar-refractivity contribution in [2.45, 2.75) is 61.4 Å². The van der Waals surface area contributed by atoms with Crippen LogP contribution in [0.4, 0.5) is 0 Å². The van der Waals surface area contributed by atoms with Crippen molar-refractivity contribution >= 4 is 12.0 Å². The third-order valence-corrected chi connectivity index (χ3v) is 5.62. The molecule has 0 radical (unpaired) electrons. The number of phenols is 2. The summed E-state index contributed by atoms with van der Waals surface area (Å²) in [6.45, 7) is -1.54. The average Bonchev–Trinajstić information content (AvgIpc) is 2.84. The first-order chi connectivity index (χ1) is 16.6. The van der Waals surface area contributed by atoms with E-state index in [0.29, 0.717) is 5.56 Å². The lowest BCUT2D eigenvalue weighted by Gasteiger charge is -2.45. The van der Waals surface area contributed by atoms with Crippen LogP contribution < -0.4 is 0 Å². The summed E-state index contributed by atoms with van der Waals surface area (Å²) >= 11 is 0. The number of carbonyl (C=O) groups is 1. The fourth-order valence-electron chi connectivity index (χ4n) is 3.67. The van der Waals surface area contributed by atoms with Gasteiger partial charge in [0.15, 0.2) is 30.2 Å². The highest BCUT2D eigenvalue weighted by atomic mass is 16.7. The number of aromatic hydroxyl groups is 2. The van der Waals surface area contributed by atoms with Crippen LogP contribution in [-0.4, -0.2) is 127 Å². The molecule has 0 amide bonds. The second-order valence-electron chi connectivity index (χ2n) is 8.02. The van der Waals surface area contributed by atoms with Crippen molar-refractivity contribution in [3.8, 4) is 11.5 Å². The first-order valence-electron chi connectivity index (χ1n) is 10.6. The summed E-state index contributed by atoms with van der Waals surface area (Å²) < 4.78 is 21.1. The Morgan fingerprint density at radius 3 is 2.17 bits per heavy atom. The second-order valence-corrected chi connectivity index (χ2v) is 8.02. The molecule has 0 saturated carbocycles. The molecular weight excluding hydrogens is 476 g/mol. The molecular formula is C21H28O14. The molecule has 9 N–H and O–H groups in total. The SMILES string of the molecule is O=C(/C=C/c1ccc(O)c(O)c1)O[C@H]1[C@H](O[C@@H]2O[C@H](CO)[C@@H](O)[C@H](O)[C@H]2O)[C@@H](O)[C@H](O)O[C@@H]1CO. The van der Waals surface area contributed by atoms with E-state index in [1.54, 1.807) is 0 Å². The molecule has 1 aromatic carbocycles. The lowest BCUT2D eigenvalue weighted by Crippen LogP contribution is -2.65. The van der Waals surface area contributed by atoms with Gasteiger partial charge in [-0.25, -0.2) is 4.79 Å². The first kappa shape index (κ1) is 27.2. The summed E-state index contributed by atoms with van der Waals surface area (Å²) in [6.07, 6.45) is -14.6. The summed E-state index contributed by atoms with van der Waals surface area (Å²) in [4.78, 5) is 12.4. The fraction of sp³-hybridized carbons (Fsp3) is 0.571. The van der Waals surface area contributed by atoms with Gasteiger partial charge in [0.1, 0.15) is 42.7 Å². The molecule has 0 bridgehead atoms. The molecule has 2 heterocycles. The van der Waals surface area contributed by atoms with E-state index in [1.807, 2.05) is 0 Å². The van der Waals surface area contributed by atoms with Gasteiger partial charge in [-0.1, -0.05) is 6.07 Å². The van der Waals surface area contributed by atoms with Crippen LogP contribution in [0, 0.1) is 0 Å². The Labute approximate surface area is 198 Å². The molecule has 2 aliphatic heterocycles. The van der Waals surface area contributed by atoms with Crippen LogP contribution in [0.5, 0.6) is 11.5 Å². The van der Waals surface area contributed by atoms with Gasteiger partial charge >= 0.3 is 5.97 Å². The molecule has 14 nitrogen and oxygen atoms in total. The van der Waals surface area contributed by atoms with Crippen molar-refractivity contribution in [2.24, 2.45) is 0 Å². The topological polar surface area (TPSA) is 236 Å². The smallest absolute Gasteiger partial charge is 0.331 e. The van der Waals surface area contributed by atoms with E-state index in [2.05, 4.69) is 0 Å². The van der Waals surface area contributed by atoms with E-state index in [4.69, 9.17) is 18.9 Å². The zero-order valence-electron chi connectivity index (χ0n) is 18.1. The Morgan fingerprint density at radius 2 is 1.54 bits per heavy atom. The predicted molar refractivity (Wildman–Crippen MR) is 111 cm³/mol. The van der Waals surface area contributed by atoms with E-state index in [1.165, 1.54) is 24.3 Å². The van der Waals surface area contributed by atoms with Gasteiger partial charge in [0.2, 0.25) is 0 Å². The molecule has 2 fully saturated rings. The third-order valence-electron chi connectivity index (χ3n) is 5.62. The maximum absolute atomic E-state index is 12.4. The molecule has 14 heteroatoms. The number of ether oxygens (including phenoxy) is 4. The Hall–Kier alpha value is -2.37. The highest BCUT2D eigenvalue weighted by Gasteiger charge is 2.52. The molecule has 2 aliphatic rings. The fourth-order valence-corrected chi connectivity index (χ4v) is 3.67. The van der Waals surface area contributed by atoms with Crippen LogP contribution in [0.2, 0.25) is 0 Å². The maximum atomic E-state index is 12.4. The van der Waals surface area contributed by atoms with Crippen molar-refractivity contribution < 1.29 is 69.7 Å². The summed E-state index contributed by atoms with van der Waals surface area (Å²) in [6, 6.07) is 3.76. The minimum Gasteiger partial charge on any atom is -0.504 e. The highest BCUT2D eigenvalue weighted by molar-refractivity contribution is 5.87. The number of carbonyl (C=O) groups excluding carboxylic acids is 1. The van der Waals surface area contributed by atoms with Gasteiger partial charge in [-0.15, -0.1) is 0 Å². The van der Waals surface area contributed by atoms with E-state index in [-0.39, 0.29) is 5.75 Å². The Balaban J connectivity index is 1.79. The number of esters is 1. The average molecular weight is 504 g/mol. The Bertz CT molecular complexity index is 891. The number of phenolic OH excluding ortho intramolecular Hbond substituents is 2. The van der Waals surface area contributed by atoms with Gasteiger partial charge in [-0.05, 0) is 23.8 Å². The standard InChI is InChI=1S/C21H28O14/c22-6-11-14(27)15(28)16(29)21(33-11)35-19-17(30)20(31)32-12(7-23)18(19)34-13(26)4-2-8-1-3-9(24)10(25)5-8/h1-5,11-12,14-25,27-31H,6-7H2/b4-2+/t11-,12-,14-,15+,16-,17-,18-,19-,20-,21+/m1/s1. The monoisotopic (exact) mass is 504 g/mol. The van der Waals surface area contributed by atoms with Crippen LogP contribution in [-0.2, 0) is 23.7 Å². The highest BCUT2D eigenvalue weighted by Crippen LogP contribution is 2.30. The second kappa shape index (κ2) is 11.6. The molecule has 0 spiro atoms. The summed E-state index contributed by atoms with van der Waals surface area (Å²) in [7, 11) is 0. The molecule has 0 aliphatic carbocycles. The number of rotatable bonds is 7. The van der Waals surface area contributed by atoms with Gasteiger partial charge in [0.25, 0.3) is 0 Å².